The zero-order valence-corrected chi connectivity index (χ0v) is 11.5. The van der Waals surface area contributed by atoms with Crippen molar-refractivity contribution in [1.29, 1.82) is 0 Å². The van der Waals surface area contributed by atoms with Crippen molar-refractivity contribution in [2.24, 2.45) is 0 Å². The number of anilines is 2. The van der Waals surface area contributed by atoms with Crippen molar-refractivity contribution in [1.82, 2.24) is 15.0 Å². The van der Waals surface area contributed by atoms with E-state index in [0.29, 0.717) is 16.8 Å². The van der Waals surface area contributed by atoms with Crippen LogP contribution < -0.4 is 9.80 Å². The van der Waals surface area contributed by atoms with Gasteiger partial charge in [0, 0.05) is 26.2 Å². The second-order valence-electron chi connectivity index (χ2n) is 4.49. The summed E-state index contributed by atoms with van der Waals surface area (Å²) in [6.45, 7) is 3.03. The third-order valence-corrected chi connectivity index (χ3v) is 3.39. The number of piperazine rings is 1. The average Bonchev–Trinajstić information content (AvgIpc) is 2.48. The highest BCUT2D eigenvalue weighted by molar-refractivity contribution is 6.30. The number of hydrogen-bond donors (Lipinski definition) is 0. The van der Waals surface area contributed by atoms with E-state index < -0.39 is 5.95 Å². The van der Waals surface area contributed by atoms with Gasteiger partial charge < -0.3 is 9.80 Å². The predicted octanol–water partition coefficient (Wildman–Crippen LogP) is 1.99. The lowest BCUT2D eigenvalue weighted by Gasteiger charge is -2.35. The molecule has 0 radical (unpaired) electrons. The molecule has 2 aromatic rings. The molecule has 2 aromatic heterocycles. The Bertz CT molecular complexity index is 584. The number of rotatable bonds is 2. The highest BCUT2D eigenvalue weighted by Gasteiger charge is 2.20. The van der Waals surface area contributed by atoms with E-state index in [1.165, 1.54) is 6.07 Å². The molecular weight excluding hydrogens is 281 g/mol. The maximum absolute atomic E-state index is 13.1. The first-order valence-corrected chi connectivity index (χ1v) is 6.70. The van der Waals surface area contributed by atoms with Gasteiger partial charge in [0.25, 0.3) is 0 Å². The second kappa shape index (κ2) is 5.58. The summed E-state index contributed by atoms with van der Waals surface area (Å²) in [5, 5.41) is 0.524. The van der Waals surface area contributed by atoms with Gasteiger partial charge in [-0.3, -0.25) is 0 Å². The molecule has 0 amide bonds. The molecular formula is C13H13ClFN5. The molecule has 0 N–H and O–H groups in total. The Morgan fingerprint density at radius 2 is 1.65 bits per heavy atom. The molecule has 0 bridgehead atoms. The lowest BCUT2D eigenvalue weighted by atomic mass is 10.3. The van der Waals surface area contributed by atoms with Gasteiger partial charge in [-0.25, -0.2) is 15.0 Å². The Hall–Kier alpha value is -1.95. The molecule has 0 aliphatic carbocycles. The largest absolute Gasteiger partial charge is 0.353 e. The van der Waals surface area contributed by atoms with Crippen LogP contribution in [0.2, 0.25) is 5.02 Å². The summed E-state index contributed by atoms with van der Waals surface area (Å²) in [5.74, 6) is 0.883. The van der Waals surface area contributed by atoms with Gasteiger partial charge in [0.15, 0.2) is 0 Å². The molecule has 0 unspecified atom stereocenters. The van der Waals surface area contributed by atoms with E-state index in [1.54, 1.807) is 18.5 Å². The molecule has 0 saturated carbocycles. The first-order valence-electron chi connectivity index (χ1n) is 6.32. The van der Waals surface area contributed by atoms with Gasteiger partial charge in [-0.1, -0.05) is 17.7 Å². The maximum atomic E-state index is 13.1. The lowest BCUT2D eigenvalue weighted by Crippen LogP contribution is -2.47. The van der Waals surface area contributed by atoms with Crippen LogP contribution in [0.15, 0.2) is 30.6 Å². The molecule has 20 heavy (non-hydrogen) atoms. The minimum atomic E-state index is -0.453. The quantitative estimate of drug-likeness (QED) is 0.793. The second-order valence-corrected chi connectivity index (χ2v) is 4.93. The predicted molar refractivity (Wildman–Crippen MR) is 75.7 cm³/mol. The average molecular weight is 294 g/mol. The fraction of sp³-hybridized carbons (Fsp3) is 0.308. The van der Waals surface area contributed by atoms with Crippen LogP contribution >= 0.6 is 11.6 Å². The van der Waals surface area contributed by atoms with E-state index in [1.807, 2.05) is 6.07 Å². The Kier molecular flexibility index (Phi) is 3.64. The van der Waals surface area contributed by atoms with Crippen molar-refractivity contribution in [2.75, 3.05) is 36.0 Å². The fourth-order valence-electron chi connectivity index (χ4n) is 2.18. The zero-order chi connectivity index (χ0) is 13.9. The summed E-state index contributed by atoms with van der Waals surface area (Å²) in [6.07, 6.45) is 3.18. The number of halogens is 2. The number of nitrogens with zero attached hydrogens (tertiary/aromatic N) is 5. The topological polar surface area (TPSA) is 45.2 Å². The number of aromatic nitrogens is 3. The van der Waals surface area contributed by atoms with E-state index in [9.17, 15) is 4.39 Å². The lowest BCUT2D eigenvalue weighted by molar-refractivity contribution is 0.573. The van der Waals surface area contributed by atoms with E-state index >= 15 is 0 Å². The minimum absolute atomic E-state index is 0.453. The molecule has 1 aliphatic rings. The van der Waals surface area contributed by atoms with Crippen molar-refractivity contribution in [2.45, 2.75) is 0 Å². The number of pyridine rings is 1. The van der Waals surface area contributed by atoms with Gasteiger partial charge in [0.1, 0.15) is 5.82 Å². The van der Waals surface area contributed by atoms with Crippen LogP contribution in [0.1, 0.15) is 0 Å². The summed E-state index contributed by atoms with van der Waals surface area (Å²) >= 11 is 5.77. The SMILES string of the molecule is Fc1cccc(N2CCN(c3ncc(Cl)cn3)CC2)n1. The molecule has 1 aliphatic heterocycles. The van der Waals surface area contributed by atoms with E-state index in [2.05, 4.69) is 24.8 Å². The molecule has 104 valence electrons. The van der Waals surface area contributed by atoms with Crippen molar-refractivity contribution in [3.05, 3.63) is 41.6 Å². The van der Waals surface area contributed by atoms with Gasteiger partial charge in [0.05, 0.1) is 17.4 Å². The first kappa shape index (κ1) is 13.1. The van der Waals surface area contributed by atoms with Crippen LogP contribution in [0.3, 0.4) is 0 Å². The zero-order valence-electron chi connectivity index (χ0n) is 10.7. The molecule has 3 heterocycles. The minimum Gasteiger partial charge on any atom is -0.353 e. The highest BCUT2D eigenvalue weighted by Crippen LogP contribution is 2.17. The molecule has 1 fully saturated rings. The van der Waals surface area contributed by atoms with E-state index in [-0.39, 0.29) is 0 Å². The monoisotopic (exact) mass is 293 g/mol. The Morgan fingerprint density at radius 3 is 2.30 bits per heavy atom. The van der Waals surface area contributed by atoms with Crippen molar-refractivity contribution >= 4 is 23.4 Å². The first-order chi connectivity index (χ1) is 9.72. The van der Waals surface area contributed by atoms with Crippen LogP contribution in [-0.4, -0.2) is 41.1 Å². The van der Waals surface area contributed by atoms with Crippen molar-refractivity contribution < 1.29 is 4.39 Å². The van der Waals surface area contributed by atoms with Crippen LogP contribution in [0.4, 0.5) is 16.2 Å². The van der Waals surface area contributed by atoms with Gasteiger partial charge in [-0.15, -0.1) is 0 Å². The highest BCUT2D eigenvalue weighted by atomic mass is 35.5. The smallest absolute Gasteiger partial charge is 0.225 e. The molecule has 7 heteroatoms. The molecule has 0 aromatic carbocycles. The van der Waals surface area contributed by atoms with Crippen LogP contribution in [0, 0.1) is 5.95 Å². The van der Waals surface area contributed by atoms with Gasteiger partial charge in [0.2, 0.25) is 11.9 Å². The Labute approximate surface area is 121 Å². The third kappa shape index (κ3) is 2.80. The van der Waals surface area contributed by atoms with E-state index in [0.717, 1.165) is 26.2 Å². The summed E-state index contributed by atoms with van der Waals surface area (Å²) in [7, 11) is 0. The third-order valence-electron chi connectivity index (χ3n) is 3.19. The molecule has 5 nitrogen and oxygen atoms in total. The van der Waals surface area contributed by atoms with E-state index in [4.69, 9.17) is 11.6 Å². The normalized spacial score (nSPS) is 15.5. The Balaban J connectivity index is 1.66. The van der Waals surface area contributed by atoms with Crippen molar-refractivity contribution in [3.8, 4) is 0 Å². The standard InChI is InChI=1S/C13H13ClFN5/c14-10-8-16-13(17-9-10)20-6-4-19(5-7-20)12-3-1-2-11(15)18-12/h1-3,8-9H,4-7H2. The molecule has 0 atom stereocenters. The molecule has 1 saturated heterocycles. The summed E-state index contributed by atoms with van der Waals surface area (Å²) in [5.41, 5.74) is 0. The van der Waals surface area contributed by atoms with Gasteiger partial charge in [-0.05, 0) is 12.1 Å². The molecule has 3 rings (SSSR count). The fourth-order valence-corrected chi connectivity index (χ4v) is 2.28. The maximum Gasteiger partial charge on any atom is 0.225 e. The summed E-state index contributed by atoms with van der Waals surface area (Å²) in [6, 6.07) is 4.84. The van der Waals surface area contributed by atoms with Crippen LogP contribution in [-0.2, 0) is 0 Å². The van der Waals surface area contributed by atoms with Gasteiger partial charge in [-0.2, -0.15) is 4.39 Å². The van der Waals surface area contributed by atoms with Crippen LogP contribution in [0.25, 0.3) is 0 Å². The summed E-state index contributed by atoms with van der Waals surface area (Å²) < 4.78 is 13.1. The number of hydrogen-bond acceptors (Lipinski definition) is 5. The van der Waals surface area contributed by atoms with Gasteiger partial charge >= 0.3 is 0 Å². The Morgan fingerprint density at radius 1 is 1.00 bits per heavy atom. The summed E-state index contributed by atoms with van der Waals surface area (Å²) in [4.78, 5) is 16.4. The molecule has 0 spiro atoms. The van der Waals surface area contributed by atoms with Crippen LogP contribution in [0.5, 0.6) is 0 Å². The van der Waals surface area contributed by atoms with Crippen molar-refractivity contribution in [3.63, 3.8) is 0 Å².